The number of hydroxylamine groups is 2. The van der Waals surface area contributed by atoms with Crippen molar-refractivity contribution in [1.82, 2.24) is 5.06 Å². The highest BCUT2D eigenvalue weighted by molar-refractivity contribution is 5.76. The van der Waals surface area contributed by atoms with Crippen LogP contribution in [-0.4, -0.2) is 24.1 Å². The molecule has 0 atom stereocenters. The predicted octanol–water partition coefficient (Wildman–Crippen LogP) is -0.216. The maximum atomic E-state index is 10.7. The third-order valence-electron chi connectivity index (χ3n) is 1.08. The van der Waals surface area contributed by atoms with Crippen LogP contribution in [0.4, 0.5) is 0 Å². The number of nitrogens with zero attached hydrogens (tertiary/aromatic N) is 1. The number of carbonyl (C=O) groups excluding carboxylic acids is 1. The second-order valence-electron chi connectivity index (χ2n) is 1.72. The van der Waals surface area contributed by atoms with E-state index in [9.17, 15) is 4.79 Å². The molecule has 0 N–H and O–H groups in total. The predicted molar refractivity (Wildman–Crippen MR) is 31.1 cm³/mol. The average Bonchev–Trinajstić information content (AvgIpc) is 2.18. The third-order valence-corrected chi connectivity index (χ3v) is 1.08. The van der Waals surface area contributed by atoms with Gasteiger partial charge in [0.15, 0.2) is 0 Å². The molecule has 0 unspecified atom stereocenters. The molecule has 0 saturated carbocycles. The van der Waals surface area contributed by atoms with Gasteiger partial charge in [-0.1, -0.05) is 5.92 Å². The molecule has 1 fully saturated rings. The molecule has 1 heterocycles. The van der Waals surface area contributed by atoms with Crippen LogP contribution >= 0.6 is 0 Å². The fraction of sp³-hybridized carbons (Fsp3) is 0.500. The van der Waals surface area contributed by atoms with Crippen molar-refractivity contribution in [3.05, 3.63) is 0 Å². The first-order valence-electron chi connectivity index (χ1n) is 2.71. The van der Waals surface area contributed by atoms with E-state index in [2.05, 4.69) is 5.92 Å². The minimum absolute atomic E-state index is 0.0204. The second kappa shape index (κ2) is 2.51. The van der Waals surface area contributed by atoms with E-state index in [1.54, 1.807) is 0 Å². The number of hydrogen-bond donors (Lipinski definition) is 0. The maximum absolute atomic E-state index is 10.7. The van der Waals surface area contributed by atoms with E-state index in [0.29, 0.717) is 13.0 Å². The molecule has 1 amide bonds. The largest absolute Gasteiger partial charge is 0.272 e. The van der Waals surface area contributed by atoms with Crippen molar-refractivity contribution in [2.24, 2.45) is 0 Å². The Morgan fingerprint density at radius 2 is 2.67 bits per heavy atom. The van der Waals surface area contributed by atoms with Gasteiger partial charge in [-0.05, 0) is 0 Å². The number of amides is 1. The zero-order chi connectivity index (χ0) is 6.69. The van der Waals surface area contributed by atoms with E-state index in [0.717, 1.165) is 0 Å². The standard InChI is InChI=1S/C6H7NO2/c1-2-4-7-6(8)3-5-9-7/h1H,3-5H2. The molecular formula is C6H7NO2. The fourth-order valence-corrected chi connectivity index (χ4v) is 0.657. The first-order valence-corrected chi connectivity index (χ1v) is 2.71. The summed E-state index contributed by atoms with van der Waals surface area (Å²) in [4.78, 5) is 15.5. The summed E-state index contributed by atoms with van der Waals surface area (Å²) >= 11 is 0. The quantitative estimate of drug-likeness (QED) is 0.453. The maximum Gasteiger partial charge on any atom is 0.249 e. The van der Waals surface area contributed by atoms with Gasteiger partial charge in [0.25, 0.3) is 0 Å². The lowest BCUT2D eigenvalue weighted by Gasteiger charge is -2.07. The smallest absolute Gasteiger partial charge is 0.249 e. The summed E-state index contributed by atoms with van der Waals surface area (Å²) in [6.45, 7) is 0.735. The molecule has 3 heteroatoms. The van der Waals surface area contributed by atoms with E-state index >= 15 is 0 Å². The van der Waals surface area contributed by atoms with Crippen LogP contribution < -0.4 is 0 Å². The normalized spacial score (nSPS) is 18.1. The van der Waals surface area contributed by atoms with Gasteiger partial charge in [-0.2, -0.15) is 0 Å². The molecule has 0 bridgehead atoms. The Bertz CT molecular complexity index is 159. The van der Waals surface area contributed by atoms with Crippen molar-refractivity contribution < 1.29 is 9.63 Å². The van der Waals surface area contributed by atoms with Gasteiger partial charge in [-0.25, -0.2) is 5.06 Å². The molecule has 9 heavy (non-hydrogen) atoms. The van der Waals surface area contributed by atoms with Crippen molar-refractivity contribution in [3.8, 4) is 12.3 Å². The van der Waals surface area contributed by atoms with Crippen molar-refractivity contribution in [2.75, 3.05) is 13.2 Å². The highest BCUT2D eigenvalue weighted by Gasteiger charge is 2.19. The second-order valence-corrected chi connectivity index (χ2v) is 1.72. The van der Waals surface area contributed by atoms with Crippen molar-refractivity contribution >= 4 is 5.91 Å². The van der Waals surface area contributed by atoms with Crippen LogP contribution in [0.5, 0.6) is 0 Å². The van der Waals surface area contributed by atoms with Gasteiger partial charge >= 0.3 is 0 Å². The van der Waals surface area contributed by atoms with E-state index in [-0.39, 0.29) is 12.5 Å². The van der Waals surface area contributed by atoms with E-state index in [1.165, 1.54) is 5.06 Å². The number of terminal acetylenes is 1. The Morgan fingerprint density at radius 3 is 3.11 bits per heavy atom. The Balaban J connectivity index is 2.42. The molecule has 1 aliphatic heterocycles. The van der Waals surface area contributed by atoms with E-state index in [4.69, 9.17) is 11.3 Å². The average molecular weight is 125 g/mol. The first kappa shape index (κ1) is 6.12. The molecular weight excluding hydrogens is 118 g/mol. The van der Waals surface area contributed by atoms with Gasteiger partial charge in [-0.3, -0.25) is 9.63 Å². The zero-order valence-corrected chi connectivity index (χ0v) is 4.96. The van der Waals surface area contributed by atoms with Gasteiger partial charge in [-0.15, -0.1) is 6.42 Å². The van der Waals surface area contributed by atoms with Crippen LogP contribution in [0.3, 0.4) is 0 Å². The van der Waals surface area contributed by atoms with Crippen LogP contribution in [0.15, 0.2) is 0 Å². The van der Waals surface area contributed by atoms with Gasteiger partial charge < -0.3 is 0 Å². The van der Waals surface area contributed by atoms with Gasteiger partial charge in [0.05, 0.1) is 13.0 Å². The van der Waals surface area contributed by atoms with Crippen molar-refractivity contribution in [1.29, 1.82) is 0 Å². The van der Waals surface area contributed by atoms with Crippen LogP contribution in [0.1, 0.15) is 6.42 Å². The topological polar surface area (TPSA) is 29.5 Å². The zero-order valence-electron chi connectivity index (χ0n) is 4.96. The molecule has 0 spiro atoms. The molecule has 48 valence electrons. The van der Waals surface area contributed by atoms with Crippen LogP contribution in [0, 0.1) is 12.3 Å². The van der Waals surface area contributed by atoms with Gasteiger partial charge in [0.1, 0.15) is 6.54 Å². The molecule has 1 rings (SSSR count). The number of rotatable bonds is 1. The Kier molecular flexibility index (Phi) is 1.71. The Hall–Kier alpha value is -1.01. The monoisotopic (exact) mass is 125 g/mol. The minimum Gasteiger partial charge on any atom is -0.272 e. The summed E-state index contributed by atoms with van der Waals surface area (Å²) in [6, 6.07) is 0. The summed E-state index contributed by atoms with van der Waals surface area (Å²) in [5, 5.41) is 1.21. The van der Waals surface area contributed by atoms with Crippen LogP contribution in [0.2, 0.25) is 0 Å². The number of carbonyl (C=O) groups is 1. The van der Waals surface area contributed by atoms with Gasteiger partial charge in [0.2, 0.25) is 5.91 Å². The molecule has 1 saturated heterocycles. The molecule has 0 aromatic carbocycles. The molecule has 0 radical (unpaired) electrons. The van der Waals surface area contributed by atoms with Gasteiger partial charge in [0, 0.05) is 0 Å². The summed E-state index contributed by atoms with van der Waals surface area (Å²) in [5.41, 5.74) is 0. The van der Waals surface area contributed by atoms with E-state index < -0.39 is 0 Å². The van der Waals surface area contributed by atoms with Crippen LogP contribution in [0.25, 0.3) is 0 Å². The summed E-state index contributed by atoms with van der Waals surface area (Å²) in [7, 11) is 0. The lowest BCUT2D eigenvalue weighted by molar-refractivity contribution is -0.158. The summed E-state index contributed by atoms with van der Waals surface area (Å²) in [6.07, 6.45) is 5.41. The van der Waals surface area contributed by atoms with Crippen LogP contribution in [-0.2, 0) is 9.63 Å². The molecule has 0 aromatic heterocycles. The lowest BCUT2D eigenvalue weighted by Crippen LogP contribution is -2.23. The molecule has 0 aromatic rings. The summed E-state index contributed by atoms with van der Waals surface area (Å²) < 4.78 is 0. The fourth-order valence-electron chi connectivity index (χ4n) is 0.657. The molecule has 3 nitrogen and oxygen atoms in total. The number of hydrogen-bond acceptors (Lipinski definition) is 2. The third kappa shape index (κ3) is 1.21. The summed E-state index contributed by atoms with van der Waals surface area (Å²) in [5.74, 6) is 2.30. The highest BCUT2D eigenvalue weighted by Crippen LogP contribution is 2.04. The van der Waals surface area contributed by atoms with Crippen molar-refractivity contribution in [2.45, 2.75) is 6.42 Å². The first-order chi connectivity index (χ1) is 4.34. The SMILES string of the molecule is C#CCN1OCCC1=O. The van der Waals surface area contributed by atoms with E-state index in [1.807, 2.05) is 0 Å². The molecule has 0 aliphatic carbocycles. The lowest BCUT2D eigenvalue weighted by atomic mass is 10.4. The Morgan fingerprint density at radius 1 is 1.89 bits per heavy atom. The van der Waals surface area contributed by atoms with Crippen molar-refractivity contribution in [3.63, 3.8) is 0 Å². The molecule has 1 aliphatic rings. The Labute approximate surface area is 53.5 Å². The minimum atomic E-state index is -0.0204. The highest BCUT2D eigenvalue weighted by atomic mass is 16.7.